The summed E-state index contributed by atoms with van der Waals surface area (Å²) in [5.41, 5.74) is 4.56. The second-order valence-corrected chi connectivity index (χ2v) is 4.56. The first kappa shape index (κ1) is 14.9. The van der Waals surface area contributed by atoms with Gasteiger partial charge in [0.1, 0.15) is 12.4 Å². The predicted molar refractivity (Wildman–Crippen MR) is 70.5 cm³/mol. The lowest BCUT2D eigenvalue weighted by atomic mass is 9.84. The Bertz CT molecular complexity index is 371. The second-order valence-electron chi connectivity index (χ2n) is 4.56. The lowest BCUT2D eigenvalue weighted by Crippen LogP contribution is -2.36. The maximum Gasteiger partial charge on any atom is 0.153 e. The van der Waals surface area contributed by atoms with Gasteiger partial charge in [-0.25, -0.2) is 4.39 Å². The highest BCUT2D eigenvalue weighted by Gasteiger charge is 2.36. The Morgan fingerprint density at radius 2 is 1.94 bits per heavy atom. The zero-order valence-corrected chi connectivity index (χ0v) is 11.3. The van der Waals surface area contributed by atoms with Crippen LogP contribution in [0.4, 0.5) is 4.39 Å². The molecule has 1 aromatic rings. The number of hydrogen-bond donors (Lipinski definition) is 1. The molecule has 1 rings (SSSR count). The Morgan fingerprint density at radius 1 is 1.28 bits per heavy atom. The van der Waals surface area contributed by atoms with E-state index in [-0.39, 0.29) is 12.5 Å². The van der Waals surface area contributed by atoms with Crippen LogP contribution in [0.15, 0.2) is 24.3 Å². The van der Waals surface area contributed by atoms with Crippen molar-refractivity contribution in [3.63, 3.8) is 0 Å². The molecular weight excluding hydrogens is 233 g/mol. The summed E-state index contributed by atoms with van der Waals surface area (Å²) in [7, 11) is 1.60. The van der Waals surface area contributed by atoms with Crippen LogP contribution in [-0.4, -0.2) is 26.9 Å². The van der Waals surface area contributed by atoms with E-state index in [1.807, 2.05) is 19.9 Å². The maximum atomic E-state index is 14.9. The predicted octanol–water partition coefficient (Wildman–Crippen LogP) is 2.49. The molecule has 3 nitrogen and oxygen atoms in total. The van der Waals surface area contributed by atoms with Crippen molar-refractivity contribution in [2.24, 2.45) is 11.7 Å². The van der Waals surface area contributed by atoms with Crippen molar-refractivity contribution in [1.29, 1.82) is 0 Å². The van der Waals surface area contributed by atoms with E-state index in [4.69, 9.17) is 15.2 Å². The van der Waals surface area contributed by atoms with Crippen LogP contribution in [0.3, 0.4) is 0 Å². The molecule has 1 unspecified atom stereocenters. The fourth-order valence-electron chi connectivity index (χ4n) is 1.83. The summed E-state index contributed by atoms with van der Waals surface area (Å²) >= 11 is 0. The minimum Gasteiger partial charge on any atom is -0.491 e. The number of halogens is 1. The third kappa shape index (κ3) is 3.21. The molecule has 1 atom stereocenters. The summed E-state index contributed by atoms with van der Waals surface area (Å²) < 4.78 is 25.4. The quantitative estimate of drug-likeness (QED) is 0.761. The molecule has 0 aliphatic rings. The van der Waals surface area contributed by atoms with Crippen LogP contribution in [-0.2, 0) is 10.4 Å². The van der Waals surface area contributed by atoms with Crippen LogP contribution in [0.2, 0.25) is 0 Å². The molecule has 0 saturated carbocycles. The van der Waals surface area contributed by atoms with E-state index in [0.717, 1.165) is 0 Å². The molecule has 102 valence electrons. The fourth-order valence-corrected chi connectivity index (χ4v) is 1.83. The molecule has 2 N–H and O–H groups in total. The van der Waals surface area contributed by atoms with Crippen molar-refractivity contribution in [3.8, 4) is 5.75 Å². The van der Waals surface area contributed by atoms with Crippen LogP contribution in [0.1, 0.15) is 19.4 Å². The fraction of sp³-hybridized carbons (Fsp3) is 0.571. The van der Waals surface area contributed by atoms with Gasteiger partial charge in [0.05, 0.1) is 6.61 Å². The maximum absolute atomic E-state index is 14.9. The van der Waals surface area contributed by atoms with Gasteiger partial charge in [0.15, 0.2) is 5.67 Å². The zero-order valence-electron chi connectivity index (χ0n) is 11.3. The molecular formula is C14H22FNO2. The van der Waals surface area contributed by atoms with Crippen molar-refractivity contribution in [1.82, 2.24) is 0 Å². The Hall–Kier alpha value is -1.13. The van der Waals surface area contributed by atoms with E-state index >= 15 is 0 Å². The molecule has 0 saturated heterocycles. The number of rotatable bonds is 7. The van der Waals surface area contributed by atoms with E-state index in [1.165, 1.54) is 0 Å². The lowest BCUT2D eigenvalue weighted by Gasteiger charge is -2.30. The molecule has 0 aliphatic carbocycles. The smallest absolute Gasteiger partial charge is 0.153 e. The first-order chi connectivity index (χ1) is 8.56. The van der Waals surface area contributed by atoms with Gasteiger partial charge in [-0.1, -0.05) is 32.0 Å². The average molecular weight is 255 g/mol. The highest BCUT2D eigenvalue weighted by atomic mass is 19.1. The Morgan fingerprint density at radius 3 is 2.50 bits per heavy atom. The lowest BCUT2D eigenvalue weighted by molar-refractivity contribution is 0.0994. The third-order valence-electron chi connectivity index (χ3n) is 3.09. The molecule has 18 heavy (non-hydrogen) atoms. The topological polar surface area (TPSA) is 44.5 Å². The van der Waals surface area contributed by atoms with Gasteiger partial charge in [0.25, 0.3) is 0 Å². The molecule has 4 heteroatoms. The van der Waals surface area contributed by atoms with Gasteiger partial charge in [-0.15, -0.1) is 0 Å². The van der Waals surface area contributed by atoms with Gasteiger partial charge in [-0.2, -0.15) is 0 Å². The minimum absolute atomic E-state index is 0.0602. The van der Waals surface area contributed by atoms with Gasteiger partial charge < -0.3 is 15.2 Å². The summed E-state index contributed by atoms with van der Waals surface area (Å²) in [4.78, 5) is 0. The molecule has 0 amide bonds. The number of hydrogen-bond acceptors (Lipinski definition) is 3. The van der Waals surface area contributed by atoms with E-state index in [0.29, 0.717) is 24.5 Å². The number of nitrogens with two attached hydrogens (primary N) is 1. The van der Waals surface area contributed by atoms with E-state index in [9.17, 15) is 4.39 Å². The third-order valence-corrected chi connectivity index (χ3v) is 3.09. The van der Waals surface area contributed by atoms with Gasteiger partial charge in [-0.3, -0.25) is 0 Å². The van der Waals surface area contributed by atoms with Gasteiger partial charge in [0.2, 0.25) is 0 Å². The summed E-state index contributed by atoms with van der Waals surface area (Å²) in [5.74, 6) is 0.325. The number of methoxy groups -OCH3 is 1. The Labute approximate surface area is 108 Å². The van der Waals surface area contributed by atoms with Gasteiger partial charge >= 0.3 is 0 Å². The van der Waals surface area contributed by atoms with Crippen molar-refractivity contribution in [2.45, 2.75) is 19.5 Å². The van der Waals surface area contributed by atoms with E-state index in [2.05, 4.69) is 0 Å². The number of ether oxygens (including phenoxy) is 2. The normalized spacial score (nSPS) is 14.6. The minimum atomic E-state index is -1.57. The van der Waals surface area contributed by atoms with Crippen LogP contribution in [0.5, 0.6) is 5.75 Å². The first-order valence-electron chi connectivity index (χ1n) is 6.16. The monoisotopic (exact) mass is 255 g/mol. The van der Waals surface area contributed by atoms with E-state index in [1.54, 1.807) is 25.3 Å². The summed E-state index contributed by atoms with van der Waals surface area (Å²) in [6.07, 6.45) is 0. The van der Waals surface area contributed by atoms with Crippen molar-refractivity contribution in [2.75, 3.05) is 26.9 Å². The highest BCUT2D eigenvalue weighted by molar-refractivity contribution is 5.38. The molecule has 0 bridgehead atoms. The van der Waals surface area contributed by atoms with Gasteiger partial charge in [0, 0.05) is 19.2 Å². The summed E-state index contributed by atoms with van der Waals surface area (Å²) in [5, 5.41) is 0. The molecule has 0 aromatic heterocycles. The molecule has 0 spiro atoms. The molecule has 0 heterocycles. The SMILES string of the molecule is COCCOc1ccccc1C(F)(CN)C(C)C. The number of benzene rings is 1. The first-order valence-corrected chi connectivity index (χ1v) is 6.16. The van der Waals surface area contributed by atoms with Crippen molar-refractivity contribution in [3.05, 3.63) is 29.8 Å². The van der Waals surface area contributed by atoms with Crippen molar-refractivity contribution >= 4 is 0 Å². The zero-order chi connectivity index (χ0) is 13.6. The van der Waals surface area contributed by atoms with Gasteiger partial charge in [-0.05, 0) is 12.0 Å². The Kier molecular flexibility index (Phi) is 5.56. The second kappa shape index (κ2) is 6.71. The summed E-state index contributed by atoms with van der Waals surface area (Å²) in [6, 6.07) is 7.11. The van der Waals surface area contributed by atoms with Crippen LogP contribution in [0.25, 0.3) is 0 Å². The van der Waals surface area contributed by atoms with Crippen LogP contribution < -0.4 is 10.5 Å². The summed E-state index contributed by atoms with van der Waals surface area (Å²) in [6.45, 7) is 4.44. The molecule has 1 aromatic carbocycles. The standard InChI is InChI=1S/C14H22FNO2/c1-11(2)14(15,10-16)12-6-4-5-7-13(12)18-9-8-17-3/h4-7,11H,8-10,16H2,1-3H3. The number of alkyl halides is 1. The van der Waals surface area contributed by atoms with Crippen LogP contribution in [0, 0.1) is 5.92 Å². The number of para-hydroxylation sites is 1. The largest absolute Gasteiger partial charge is 0.491 e. The molecule has 0 fully saturated rings. The highest BCUT2D eigenvalue weighted by Crippen LogP contribution is 2.38. The van der Waals surface area contributed by atoms with Crippen LogP contribution >= 0.6 is 0 Å². The molecule has 0 aliphatic heterocycles. The molecule has 0 radical (unpaired) electrons. The van der Waals surface area contributed by atoms with Crippen molar-refractivity contribution < 1.29 is 13.9 Å². The average Bonchev–Trinajstić information content (AvgIpc) is 2.38. The Balaban J connectivity index is 2.99. The van der Waals surface area contributed by atoms with E-state index < -0.39 is 5.67 Å².